The number of carbonyl (C=O) groups excluding carboxylic acids is 6. The number of H-pyrrole nitrogens is 1. The number of nitrogens with zero attached hydrogens (tertiary/aromatic N) is 2. The van der Waals surface area contributed by atoms with Gasteiger partial charge in [-0.1, -0.05) is 63.9 Å². The van der Waals surface area contributed by atoms with Crippen LogP contribution in [0.25, 0.3) is 0 Å². The SMILES string of the molecule is CC(=O)N(CCCCCCc1ccccc1)CC(=O)NC(CC(C)C)C(=O)NC(Cc1cnc[nH]1)C(=O)NC(CO)C(=O)NC(C(N)=O)C(C)CP(=O)(O)O. The summed E-state index contributed by atoms with van der Waals surface area (Å²) in [5.41, 5.74) is 7.04. The number of aliphatic hydroxyl groups is 1. The molecule has 1 aromatic carbocycles. The van der Waals surface area contributed by atoms with Crippen molar-refractivity contribution < 1.29 is 48.2 Å². The molecule has 5 atom stereocenters. The third-order valence-corrected chi connectivity index (χ3v) is 9.80. The fourth-order valence-corrected chi connectivity index (χ4v) is 6.85. The number of nitrogens with one attached hydrogen (secondary N) is 5. The van der Waals surface area contributed by atoms with Crippen molar-refractivity contribution in [1.29, 1.82) is 0 Å². The summed E-state index contributed by atoms with van der Waals surface area (Å²) >= 11 is 0. The number of nitrogens with two attached hydrogens (primary N) is 1. The van der Waals surface area contributed by atoms with Gasteiger partial charge in [0.2, 0.25) is 35.4 Å². The Balaban J connectivity index is 2.10. The number of rotatable bonds is 25. The lowest BCUT2D eigenvalue weighted by Crippen LogP contribution is -2.60. The van der Waals surface area contributed by atoms with Gasteiger partial charge >= 0.3 is 7.60 Å². The highest BCUT2D eigenvalue weighted by atomic mass is 31.2. The van der Waals surface area contributed by atoms with Crippen LogP contribution in [-0.4, -0.2) is 115 Å². The van der Waals surface area contributed by atoms with Crippen LogP contribution in [0, 0.1) is 11.8 Å². The van der Waals surface area contributed by atoms with E-state index < -0.39 is 80.0 Å². The predicted molar refractivity (Wildman–Crippen MR) is 203 cm³/mol. The van der Waals surface area contributed by atoms with Gasteiger partial charge in [0, 0.05) is 31.8 Å². The molecule has 0 radical (unpaired) electrons. The number of hydrogen-bond donors (Lipinski definition) is 9. The van der Waals surface area contributed by atoms with E-state index >= 15 is 0 Å². The molecular weight excluding hydrogens is 735 g/mol. The fourth-order valence-electron chi connectivity index (χ4n) is 5.89. The summed E-state index contributed by atoms with van der Waals surface area (Å²) in [6, 6.07) is 4.47. The number of aromatic amines is 1. The van der Waals surface area contributed by atoms with Gasteiger partial charge < -0.3 is 51.8 Å². The average molecular weight is 793 g/mol. The minimum atomic E-state index is -4.59. The number of aromatic nitrogens is 2. The number of aliphatic hydroxyl groups excluding tert-OH is 1. The largest absolute Gasteiger partial charge is 0.394 e. The lowest BCUT2D eigenvalue weighted by Gasteiger charge is -2.27. The lowest BCUT2D eigenvalue weighted by molar-refractivity contribution is -0.137. The highest BCUT2D eigenvalue weighted by Gasteiger charge is 2.34. The molecule has 2 rings (SSSR count). The molecular formula is C36H57N8O10P. The van der Waals surface area contributed by atoms with E-state index in [1.165, 1.54) is 36.8 Å². The monoisotopic (exact) mass is 792 g/mol. The fraction of sp³-hybridized carbons (Fsp3) is 0.583. The van der Waals surface area contributed by atoms with Crippen molar-refractivity contribution in [2.24, 2.45) is 17.6 Å². The Morgan fingerprint density at radius 1 is 0.873 bits per heavy atom. The van der Waals surface area contributed by atoms with Gasteiger partial charge in [0.05, 0.1) is 25.6 Å². The highest BCUT2D eigenvalue weighted by molar-refractivity contribution is 7.51. The first-order chi connectivity index (χ1) is 25.9. The molecule has 19 heteroatoms. The summed E-state index contributed by atoms with van der Waals surface area (Å²) in [6.07, 6.45) is 6.52. The lowest BCUT2D eigenvalue weighted by atomic mass is 10.0. The third kappa shape index (κ3) is 18.0. The smallest absolute Gasteiger partial charge is 0.325 e. The molecule has 0 aliphatic carbocycles. The molecule has 1 aromatic heterocycles. The van der Waals surface area contributed by atoms with Crippen molar-refractivity contribution in [2.45, 2.75) is 96.8 Å². The molecule has 0 aliphatic rings. The van der Waals surface area contributed by atoms with Gasteiger partial charge in [-0.2, -0.15) is 0 Å². The van der Waals surface area contributed by atoms with Gasteiger partial charge in [0.15, 0.2) is 0 Å². The van der Waals surface area contributed by atoms with E-state index in [9.17, 15) is 48.2 Å². The number of benzene rings is 1. The minimum absolute atomic E-state index is 0.0793. The molecule has 2 aromatic rings. The molecule has 0 saturated heterocycles. The minimum Gasteiger partial charge on any atom is -0.394 e. The van der Waals surface area contributed by atoms with Crippen LogP contribution >= 0.6 is 7.60 Å². The van der Waals surface area contributed by atoms with E-state index in [1.807, 2.05) is 32.0 Å². The molecule has 306 valence electrons. The number of imidazole rings is 1. The number of unbranched alkanes of at least 4 members (excludes halogenated alkanes) is 3. The first-order valence-corrected chi connectivity index (χ1v) is 20.1. The summed E-state index contributed by atoms with van der Waals surface area (Å²) in [4.78, 5) is 105. The van der Waals surface area contributed by atoms with Gasteiger partial charge in [0.25, 0.3) is 0 Å². The Labute approximate surface area is 321 Å². The van der Waals surface area contributed by atoms with Crippen LogP contribution < -0.4 is 27.0 Å². The zero-order chi connectivity index (χ0) is 41.1. The van der Waals surface area contributed by atoms with E-state index in [0.29, 0.717) is 18.7 Å². The van der Waals surface area contributed by atoms with E-state index in [4.69, 9.17) is 5.73 Å². The topological polar surface area (TPSA) is 286 Å². The van der Waals surface area contributed by atoms with Crippen LogP contribution in [0.2, 0.25) is 0 Å². The maximum atomic E-state index is 13.7. The van der Waals surface area contributed by atoms with E-state index in [1.54, 1.807) is 0 Å². The van der Waals surface area contributed by atoms with Gasteiger partial charge in [-0.05, 0) is 43.1 Å². The molecule has 0 bridgehead atoms. The van der Waals surface area contributed by atoms with Crippen LogP contribution in [0.15, 0.2) is 42.9 Å². The van der Waals surface area contributed by atoms with Crippen molar-refractivity contribution in [1.82, 2.24) is 36.1 Å². The standard InChI is InChI=1S/C36H57N8O10P/c1-23(2)16-28(40-31(47)19-44(25(4)46)15-11-6-5-8-12-26-13-9-7-10-14-26)34(49)41-29(17-27-18-38-22-39-27)35(50)42-30(20-45)36(51)43-32(33(37)48)24(3)21-55(52,53)54/h7,9-10,13-14,18,22-24,28-30,32,45H,5-6,8,11-12,15-17,19-21H2,1-4H3,(H2,37,48)(H,38,39)(H,40,47)(H,41,49)(H,42,50)(H,43,51)(H2,52,53,54). The van der Waals surface area contributed by atoms with Crippen LogP contribution in [0.1, 0.15) is 71.1 Å². The van der Waals surface area contributed by atoms with Crippen LogP contribution in [0.5, 0.6) is 0 Å². The van der Waals surface area contributed by atoms with Crippen molar-refractivity contribution in [2.75, 3.05) is 25.9 Å². The van der Waals surface area contributed by atoms with Gasteiger partial charge in [-0.25, -0.2) is 4.98 Å². The molecule has 0 aliphatic heterocycles. The summed E-state index contributed by atoms with van der Waals surface area (Å²) in [5.74, 6) is -5.85. The molecule has 1 heterocycles. The predicted octanol–water partition coefficient (Wildman–Crippen LogP) is -0.119. The maximum Gasteiger partial charge on any atom is 0.325 e. The molecule has 6 amide bonds. The number of hydrogen-bond acceptors (Lipinski definition) is 9. The van der Waals surface area contributed by atoms with Gasteiger partial charge in [-0.15, -0.1) is 0 Å². The number of amides is 6. The van der Waals surface area contributed by atoms with E-state index in [0.717, 1.165) is 25.7 Å². The highest BCUT2D eigenvalue weighted by Crippen LogP contribution is 2.37. The van der Waals surface area contributed by atoms with Crippen molar-refractivity contribution in [3.05, 3.63) is 54.1 Å². The third-order valence-electron chi connectivity index (χ3n) is 8.75. The summed E-state index contributed by atoms with van der Waals surface area (Å²) < 4.78 is 11.5. The van der Waals surface area contributed by atoms with Crippen LogP contribution in [0.4, 0.5) is 0 Å². The molecule has 10 N–H and O–H groups in total. The van der Waals surface area contributed by atoms with Crippen LogP contribution in [0.3, 0.4) is 0 Å². The quantitative estimate of drug-likeness (QED) is 0.0472. The molecule has 55 heavy (non-hydrogen) atoms. The average Bonchev–Trinajstić information content (AvgIpc) is 3.62. The van der Waals surface area contributed by atoms with Gasteiger partial charge in [0.1, 0.15) is 24.2 Å². The normalized spacial score (nSPS) is 14.2. The Morgan fingerprint density at radius 3 is 2.05 bits per heavy atom. The van der Waals surface area contributed by atoms with Crippen molar-refractivity contribution in [3.63, 3.8) is 0 Å². The summed E-state index contributed by atoms with van der Waals surface area (Å²) in [7, 11) is -4.59. The Kier molecular flexibility index (Phi) is 19.7. The van der Waals surface area contributed by atoms with Crippen LogP contribution in [-0.2, 0) is 46.2 Å². The summed E-state index contributed by atoms with van der Waals surface area (Å²) in [6.45, 7) is 5.48. The number of primary amides is 1. The van der Waals surface area contributed by atoms with Crippen molar-refractivity contribution in [3.8, 4) is 0 Å². The Morgan fingerprint density at radius 2 is 1.49 bits per heavy atom. The Hall–Kier alpha value is -4.64. The van der Waals surface area contributed by atoms with E-state index in [2.05, 4.69) is 43.4 Å². The molecule has 5 unspecified atom stereocenters. The molecule has 0 fully saturated rings. The zero-order valence-electron chi connectivity index (χ0n) is 31.9. The molecule has 18 nitrogen and oxygen atoms in total. The first kappa shape index (κ1) is 46.5. The maximum absolute atomic E-state index is 13.7. The molecule has 0 spiro atoms. The number of aryl methyl sites for hydroxylation is 1. The molecule has 0 saturated carbocycles. The number of carbonyl (C=O) groups is 6. The van der Waals surface area contributed by atoms with Gasteiger partial charge in [-0.3, -0.25) is 33.3 Å². The Bertz CT molecular complexity index is 1590. The second kappa shape index (κ2) is 23.3. The summed E-state index contributed by atoms with van der Waals surface area (Å²) in [5, 5.41) is 19.8. The van der Waals surface area contributed by atoms with E-state index in [-0.39, 0.29) is 31.2 Å². The zero-order valence-corrected chi connectivity index (χ0v) is 32.8. The second-order valence-electron chi connectivity index (χ2n) is 14.1. The first-order valence-electron chi connectivity index (χ1n) is 18.3. The second-order valence-corrected chi connectivity index (χ2v) is 15.8. The van der Waals surface area contributed by atoms with Crippen molar-refractivity contribution >= 4 is 43.0 Å².